The summed E-state index contributed by atoms with van der Waals surface area (Å²) in [6.45, 7) is 11.3. The molecule has 3 unspecified atom stereocenters. The van der Waals surface area contributed by atoms with Gasteiger partial charge in [0.1, 0.15) is 17.1 Å². The van der Waals surface area contributed by atoms with Crippen molar-refractivity contribution in [2.75, 3.05) is 7.11 Å². The first-order valence-corrected chi connectivity index (χ1v) is 12.3. The van der Waals surface area contributed by atoms with Crippen molar-refractivity contribution in [3.8, 4) is 11.5 Å². The second-order valence-electron chi connectivity index (χ2n) is 8.73. The van der Waals surface area contributed by atoms with Crippen molar-refractivity contribution in [3.05, 3.63) is 46.2 Å². The largest absolute Gasteiger partial charge is 0.512 e. The van der Waals surface area contributed by atoms with Crippen molar-refractivity contribution in [2.45, 2.75) is 91.5 Å². The van der Waals surface area contributed by atoms with Gasteiger partial charge < -0.3 is 29.7 Å². The van der Waals surface area contributed by atoms with Crippen LogP contribution in [0.4, 0.5) is 0 Å². The summed E-state index contributed by atoms with van der Waals surface area (Å²) in [5.41, 5.74) is 0.886. The van der Waals surface area contributed by atoms with Crippen LogP contribution in [0, 0.1) is 0 Å². The number of aliphatic hydroxyl groups excluding tert-OH is 2. The molecule has 2 heterocycles. The molecule has 8 nitrogen and oxygen atoms in total. The SMILES string of the molecule is C/C=C\C(=C(\O)CC)C(C(=O)O)N1Cc2c(cc(OC)c3c2OC(C)(CCC)C(O)C3)C1=O.CC. The minimum absolute atomic E-state index is 0.00775. The molecule has 0 saturated heterocycles. The molecule has 1 aromatic carbocycles. The molecule has 1 amide bonds. The maximum atomic E-state index is 13.4. The summed E-state index contributed by atoms with van der Waals surface area (Å²) in [6, 6.07) is 0.228. The maximum absolute atomic E-state index is 13.4. The van der Waals surface area contributed by atoms with Gasteiger partial charge in [-0.15, -0.1) is 0 Å². The number of allylic oxidation sites excluding steroid dienone is 2. The Hall–Kier alpha value is -3.00. The normalized spacial score (nSPS) is 22.5. The van der Waals surface area contributed by atoms with Crippen molar-refractivity contribution in [2.24, 2.45) is 0 Å². The molecule has 0 fully saturated rings. The summed E-state index contributed by atoms with van der Waals surface area (Å²) in [5.74, 6) is -0.904. The number of ether oxygens (including phenoxy) is 2. The number of carbonyl (C=O) groups is 2. The van der Waals surface area contributed by atoms with Crippen LogP contribution in [0.15, 0.2) is 29.6 Å². The topological polar surface area (TPSA) is 117 Å². The Kier molecular flexibility index (Phi) is 9.38. The second kappa shape index (κ2) is 11.6. The van der Waals surface area contributed by atoms with Crippen molar-refractivity contribution in [3.63, 3.8) is 0 Å². The summed E-state index contributed by atoms with van der Waals surface area (Å²) in [6.07, 6.45) is 4.37. The molecule has 8 heteroatoms. The predicted octanol–water partition coefficient (Wildman–Crippen LogP) is 4.78. The lowest BCUT2D eigenvalue weighted by molar-refractivity contribution is -0.141. The molecule has 2 aliphatic rings. The van der Waals surface area contributed by atoms with Gasteiger partial charge >= 0.3 is 5.97 Å². The molecule has 1 aromatic rings. The lowest BCUT2D eigenvalue weighted by atomic mass is 9.84. The molecule has 194 valence electrons. The molecule has 3 N–H and O–H groups in total. The molecule has 3 atom stereocenters. The Morgan fingerprint density at radius 2 is 1.97 bits per heavy atom. The van der Waals surface area contributed by atoms with Gasteiger partial charge in [0, 0.05) is 29.5 Å². The van der Waals surface area contributed by atoms with Crippen LogP contribution in [-0.2, 0) is 17.8 Å². The van der Waals surface area contributed by atoms with Crippen molar-refractivity contribution >= 4 is 11.9 Å². The minimum Gasteiger partial charge on any atom is -0.512 e. The first-order chi connectivity index (χ1) is 16.6. The third-order valence-electron chi connectivity index (χ3n) is 6.52. The number of carbonyl (C=O) groups excluding carboxylic acids is 1. The van der Waals surface area contributed by atoms with Gasteiger partial charge in [0.15, 0.2) is 6.04 Å². The molecule has 3 rings (SSSR count). The third-order valence-corrected chi connectivity index (χ3v) is 6.52. The van der Waals surface area contributed by atoms with Gasteiger partial charge in [-0.2, -0.15) is 0 Å². The first-order valence-electron chi connectivity index (χ1n) is 12.3. The number of benzene rings is 1. The number of aliphatic hydroxyl groups is 2. The molecule has 2 aliphatic heterocycles. The number of nitrogens with zero attached hydrogens (tertiary/aromatic N) is 1. The number of hydrogen-bond donors (Lipinski definition) is 3. The number of carboxylic acids is 1. The minimum atomic E-state index is -1.36. The van der Waals surface area contributed by atoms with Crippen LogP contribution in [0.3, 0.4) is 0 Å². The van der Waals surface area contributed by atoms with Crippen LogP contribution in [0.25, 0.3) is 0 Å². The van der Waals surface area contributed by atoms with Crippen molar-refractivity contribution < 1.29 is 34.4 Å². The molecule has 0 bridgehead atoms. The van der Waals surface area contributed by atoms with Crippen molar-refractivity contribution in [1.29, 1.82) is 0 Å². The molecule has 0 spiro atoms. The van der Waals surface area contributed by atoms with E-state index in [1.54, 1.807) is 26.0 Å². The smallest absolute Gasteiger partial charge is 0.331 e. The average Bonchev–Trinajstić information content (AvgIpc) is 3.16. The molecule has 35 heavy (non-hydrogen) atoms. The number of hydrogen-bond acceptors (Lipinski definition) is 6. The number of methoxy groups -OCH3 is 1. The zero-order valence-electron chi connectivity index (χ0n) is 21.8. The van der Waals surface area contributed by atoms with E-state index < -0.39 is 29.6 Å². The zero-order chi connectivity index (χ0) is 26.5. The highest BCUT2D eigenvalue weighted by Crippen LogP contribution is 2.47. The third kappa shape index (κ3) is 5.17. The average molecular weight is 490 g/mol. The van der Waals surface area contributed by atoms with E-state index in [1.165, 1.54) is 18.1 Å². The van der Waals surface area contributed by atoms with Crippen LogP contribution in [0.5, 0.6) is 11.5 Å². The van der Waals surface area contributed by atoms with Crippen LogP contribution in [0.2, 0.25) is 0 Å². The van der Waals surface area contributed by atoms with E-state index >= 15 is 0 Å². The summed E-state index contributed by atoms with van der Waals surface area (Å²) < 4.78 is 11.8. The van der Waals surface area contributed by atoms with Crippen LogP contribution >= 0.6 is 0 Å². The number of fused-ring (bicyclic) bond motifs is 3. The van der Waals surface area contributed by atoms with E-state index in [1.807, 2.05) is 27.7 Å². The van der Waals surface area contributed by atoms with Crippen LogP contribution in [0.1, 0.15) is 82.3 Å². The van der Waals surface area contributed by atoms with Gasteiger partial charge in [-0.05, 0) is 26.3 Å². The lowest BCUT2D eigenvalue weighted by Crippen LogP contribution is -2.49. The van der Waals surface area contributed by atoms with Gasteiger partial charge in [-0.25, -0.2) is 4.79 Å². The summed E-state index contributed by atoms with van der Waals surface area (Å²) in [5, 5.41) is 31.2. The highest BCUT2D eigenvalue weighted by atomic mass is 16.5. The highest BCUT2D eigenvalue weighted by molar-refractivity contribution is 6.02. The standard InChI is InChI=1S/C25H33NO7.C2H6/c1-6-9-14(18(27)8-3)21(24(30)31)26-13-17-15(23(26)29)11-19(32-5)16-12-20(28)25(4,10-7-2)33-22(16)17;1-2/h6,9,11,20-21,27-28H,7-8,10,12-13H2,1-5H3,(H,30,31);1-2H3/b9-6-,18-14-;. The van der Waals surface area contributed by atoms with Gasteiger partial charge in [0.05, 0.1) is 31.1 Å². The Balaban J connectivity index is 0.00000210. The predicted molar refractivity (Wildman–Crippen MR) is 134 cm³/mol. The summed E-state index contributed by atoms with van der Waals surface area (Å²) in [7, 11) is 1.48. The van der Waals surface area contributed by atoms with Gasteiger partial charge in [-0.1, -0.05) is 46.3 Å². The van der Waals surface area contributed by atoms with Crippen molar-refractivity contribution in [1.82, 2.24) is 4.90 Å². The molecule has 0 aliphatic carbocycles. The summed E-state index contributed by atoms with van der Waals surface area (Å²) >= 11 is 0. The Bertz CT molecular complexity index is 1010. The Morgan fingerprint density at radius 1 is 1.31 bits per heavy atom. The van der Waals surface area contributed by atoms with E-state index in [9.17, 15) is 24.9 Å². The number of aliphatic carboxylic acids is 1. The van der Waals surface area contributed by atoms with Crippen LogP contribution < -0.4 is 9.47 Å². The van der Waals surface area contributed by atoms with Gasteiger partial charge in [0.2, 0.25) is 0 Å². The fourth-order valence-corrected chi connectivity index (χ4v) is 4.76. The second-order valence-corrected chi connectivity index (χ2v) is 8.73. The van der Waals surface area contributed by atoms with Gasteiger partial charge in [-0.3, -0.25) is 4.79 Å². The van der Waals surface area contributed by atoms with E-state index in [-0.39, 0.29) is 24.3 Å². The lowest BCUT2D eigenvalue weighted by Gasteiger charge is -2.41. The number of rotatable bonds is 8. The maximum Gasteiger partial charge on any atom is 0.331 e. The van der Waals surface area contributed by atoms with E-state index in [0.717, 1.165) is 6.42 Å². The first kappa shape index (κ1) is 28.2. The molecular weight excluding hydrogens is 450 g/mol. The molecule has 0 radical (unpaired) electrons. The molecule has 0 aromatic heterocycles. The van der Waals surface area contributed by atoms with E-state index in [4.69, 9.17) is 9.47 Å². The quantitative estimate of drug-likeness (QED) is 0.355. The fourth-order valence-electron chi connectivity index (χ4n) is 4.76. The monoisotopic (exact) mass is 489 g/mol. The summed E-state index contributed by atoms with van der Waals surface area (Å²) in [4.78, 5) is 27.0. The van der Waals surface area contributed by atoms with Gasteiger partial charge in [0.25, 0.3) is 5.91 Å². The van der Waals surface area contributed by atoms with E-state index in [0.29, 0.717) is 41.0 Å². The number of carboxylic acid groups (broad SMARTS) is 1. The Labute approximate surface area is 207 Å². The highest BCUT2D eigenvalue weighted by Gasteiger charge is 2.46. The number of amides is 1. The molecule has 0 saturated carbocycles. The molecular formula is C27H39NO7. The Morgan fingerprint density at radius 3 is 2.49 bits per heavy atom. The van der Waals surface area contributed by atoms with Crippen LogP contribution in [-0.4, -0.2) is 57.0 Å². The van der Waals surface area contributed by atoms with E-state index in [2.05, 4.69) is 0 Å². The fraction of sp³-hybridized carbons (Fsp3) is 0.556. The zero-order valence-corrected chi connectivity index (χ0v) is 21.8.